The van der Waals surface area contributed by atoms with Gasteiger partial charge in [-0.15, -0.1) is 0 Å². The molecule has 0 aliphatic carbocycles. The minimum absolute atomic E-state index is 0.0269. The van der Waals surface area contributed by atoms with Gasteiger partial charge in [0, 0.05) is 25.7 Å². The summed E-state index contributed by atoms with van der Waals surface area (Å²) in [6, 6.07) is 7.44. The molecular formula is C15H13BrF2INO. The maximum atomic E-state index is 14.3. The number of ether oxygens (including phenoxy) is 1. The highest BCUT2D eigenvalue weighted by Gasteiger charge is 2.23. The molecule has 0 saturated carbocycles. The molecule has 0 saturated heterocycles. The molecule has 1 atom stereocenters. The van der Waals surface area contributed by atoms with Crippen LogP contribution in [-0.4, -0.2) is 14.2 Å². The Morgan fingerprint density at radius 3 is 2.33 bits per heavy atom. The van der Waals surface area contributed by atoms with E-state index in [0.29, 0.717) is 0 Å². The van der Waals surface area contributed by atoms with Crippen LogP contribution in [0.25, 0.3) is 0 Å². The molecule has 2 aromatic carbocycles. The van der Waals surface area contributed by atoms with E-state index < -0.39 is 17.7 Å². The third-order valence-electron chi connectivity index (χ3n) is 3.13. The Hall–Kier alpha value is -0.730. The quantitative estimate of drug-likeness (QED) is 0.661. The van der Waals surface area contributed by atoms with E-state index in [4.69, 9.17) is 4.74 Å². The molecule has 0 bridgehead atoms. The van der Waals surface area contributed by atoms with Crippen LogP contribution in [0.2, 0.25) is 0 Å². The van der Waals surface area contributed by atoms with E-state index >= 15 is 0 Å². The number of rotatable bonds is 4. The minimum Gasteiger partial charge on any atom is -0.497 e. The van der Waals surface area contributed by atoms with Crippen molar-refractivity contribution in [3.05, 3.63) is 61.1 Å². The molecule has 0 aliphatic heterocycles. The standard InChI is InChI=1S/C15H13BrF2INO/c1-20-15(10-5-8(19)3-4-11(10)16)14-12(17)6-9(21-2)7-13(14)18/h3-7,15,20H,1-2H3. The first kappa shape index (κ1) is 16.6. The fourth-order valence-corrected chi connectivity index (χ4v) is 3.14. The van der Waals surface area contributed by atoms with Crippen molar-refractivity contribution in [2.24, 2.45) is 0 Å². The highest BCUT2D eigenvalue weighted by molar-refractivity contribution is 14.1. The van der Waals surface area contributed by atoms with E-state index in [1.807, 2.05) is 18.2 Å². The molecule has 112 valence electrons. The van der Waals surface area contributed by atoms with Crippen LogP contribution in [0.5, 0.6) is 5.75 Å². The van der Waals surface area contributed by atoms with Gasteiger partial charge >= 0.3 is 0 Å². The largest absolute Gasteiger partial charge is 0.497 e. The van der Waals surface area contributed by atoms with E-state index in [-0.39, 0.29) is 11.3 Å². The van der Waals surface area contributed by atoms with E-state index in [1.165, 1.54) is 19.2 Å². The zero-order valence-electron chi connectivity index (χ0n) is 11.4. The van der Waals surface area contributed by atoms with Gasteiger partial charge in [0.2, 0.25) is 0 Å². The van der Waals surface area contributed by atoms with Crippen molar-refractivity contribution in [1.82, 2.24) is 5.32 Å². The van der Waals surface area contributed by atoms with Crippen molar-refractivity contribution >= 4 is 38.5 Å². The summed E-state index contributed by atoms with van der Waals surface area (Å²) in [5, 5.41) is 2.97. The van der Waals surface area contributed by atoms with Gasteiger partial charge in [-0.1, -0.05) is 15.9 Å². The zero-order valence-corrected chi connectivity index (χ0v) is 15.1. The second-order valence-corrected chi connectivity index (χ2v) is 6.49. The zero-order chi connectivity index (χ0) is 15.6. The van der Waals surface area contributed by atoms with Gasteiger partial charge < -0.3 is 10.1 Å². The summed E-state index contributed by atoms with van der Waals surface area (Å²) in [5.74, 6) is -1.13. The highest BCUT2D eigenvalue weighted by atomic mass is 127. The van der Waals surface area contributed by atoms with Gasteiger partial charge in [-0.2, -0.15) is 0 Å². The predicted octanol–water partition coefficient (Wildman–Crippen LogP) is 4.65. The average Bonchev–Trinajstić information content (AvgIpc) is 2.45. The van der Waals surface area contributed by atoms with Gasteiger partial charge in [-0.3, -0.25) is 0 Å². The van der Waals surface area contributed by atoms with Crippen LogP contribution in [-0.2, 0) is 0 Å². The number of nitrogens with one attached hydrogen (secondary N) is 1. The topological polar surface area (TPSA) is 21.3 Å². The van der Waals surface area contributed by atoms with Gasteiger partial charge in [0.1, 0.15) is 17.4 Å². The normalized spacial score (nSPS) is 12.3. The van der Waals surface area contributed by atoms with Gasteiger partial charge in [0.25, 0.3) is 0 Å². The summed E-state index contributed by atoms with van der Waals surface area (Å²) >= 11 is 5.60. The van der Waals surface area contributed by atoms with E-state index in [0.717, 1.165) is 13.6 Å². The van der Waals surface area contributed by atoms with Gasteiger partial charge in [0.05, 0.1) is 13.2 Å². The van der Waals surface area contributed by atoms with Crippen LogP contribution in [0.1, 0.15) is 17.2 Å². The molecule has 2 rings (SSSR count). The summed E-state index contributed by atoms with van der Waals surface area (Å²) in [7, 11) is 3.04. The van der Waals surface area contributed by atoms with Gasteiger partial charge in [-0.05, 0) is 53.4 Å². The Kier molecular flexibility index (Phi) is 5.56. The Morgan fingerprint density at radius 1 is 1.19 bits per heavy atom. The molecular weight excluding hydrogens is 455 g/mol. The molecule has 2 aromatic rings. The summed E-state index contributed by atoms with van der Waals surface area (Å²) in [6.45, 7) is 0. The number of methoxy groups -OCH3 is 1. The molecule has 0 spiro atoms. The molecule has 21 heavy (non-hydrogen) atoms. The summed E-state index contributed by atoms with van der Waals surface area (Å²) in [4.78, 5) is 0. The van der Waals surface area contributed by atoms with Crippen LogP contribution in [0.3, 0.4) is 0 Å². The molecule has 0 radical (unpaired) electrons. The monoisotopic (exact) mass is 467 g/mol. The predicted molar refractivity (Wildman–Crippen MR) is 90.7 cm³/mol. The lowest BCUT2D eigenvalue weighted by molar-refractivity contribution is 0.403. The number of hydrogen-bond acceptors (Lipinski definition) is 2. The van der Waals surface area contributed by atoms with Crippen molar-refractivity contribution < 1.29 is 13.5 Å². The third-order valence-corrected chi connectivity index (χ3v) is 4.53. The SMILES string of the molecule is CNC(c1cc(I)ccc1Br)c1c(F)cc(OC)cc1F. The van der Waals surface area contributed by atoms with Crippen molar-refractivity contribution in [3.8, 4) is 5.75 Å². The molecule has 1 N–H and O–H groups in total. The first-order chi connectivity index (χ1) is 9.97. The fourth-order valence-electron chi connectivity index (χ4n) is 2.15. The first-order valence-corrected chi connectivity index (χ1v) is 8.00. The van der Waals surface area contributed by atoms with Crippen molar-refractivity contribution in [2.75, 3.05) is 14.2 Å². The Morgan fingerprint density at radius 2 is 1.81 bits per heavy atom. The Balaban J connectivity index is 2.59. The highest BCUT2D eigenvalue weighted by Crippen LogP contribution is 2.34. The maximum Gasteiger partial charge on any atom is 0.134 e. The van der Waals surface area contributed by atoms with Crippen LogP contribution >= 0.6 is 38.5 Å². The van der Waals surface area contributed by atoms with E-state index in [1.54, 1.807) is 7.05 Å². The van der Waals surface area contributed by atoms with Crippen LogP contribution in [0.15, 0.2) is 34.8 Å². The Labute approximate surface area is 144 Å². The van der Waals surface area contributed by atoms with Gasteiger partial charge in [-0.25, -0.2) is 8.78 Å². The lowest BCUT2D eigenvalue weighted by Gasteiger charge is -2.20. The summed E-state index contributed by atoms with van der Waals surface area (Å²) < 4.78 is 35.2. The number of benzene rings is 2. The summed E-state index contributed by atoms with van der Waals surface area (Å²) in [6.07, 6.45) is 0. The molecule has 0 amide bonds. The lowest BCUT2D eigenvalue weighted by Crippen LogP contribution is -2.21. The number of hydrogen-bond donors (Lipinski definition) is 1. The summed E-state index contributed by atoms with van der Waals surface area (Å²) in [5.41, 5.74) is 0.744. The minimum atomic E-state index is -0.642. The molecule has 0 heterocycles. The second kappa shape index (κ2) is 7.02. The van der Waals surface area contributed by atoms with Gasteiger partial charge in [0.15, 0.2) is 0 Å². The molecule has 0 aromatic heterocycles. The van der Waals surface area contributed by atoms with Crippen molar-refractivity contribution in [1.29, 1.82) is 0 Å². The molecule has 1 unspecified atom stereocenters. The second-order valence-electron chi connectivity index (χ2n) is 4.39. The van der Waals surface area contributed by atoms with E-state index in [2.05, 4.69) is 43.8 Å². The van der Waals surface area contributed by atoms with Crippen LogP contribution < -0.4 is 10.1 Å². The maximum absolute atomic E-state index is 14.3. The average molecular weight is 468 g/mol. The van der Waals surface area contributed by atoms with Crippen molar-refractivity contribution in [3.63, 3.8) is 0 Å². The smallest absolute Gasteiger partial charge is 0.134 e. The third kappa shape index (κ3) is 3.54. The van der Waals surface area contributed by atoms with Crippen molar-refractivity contribution in [2.45, 2.75) is 6.04 Å². The number of halogens is 4. The van der Waals surface area contributed by atoms with Crippen LogP contribution in [0, 0.1) is 15.2 Å². The molecule has 2 nitrogen and oxygen atoms in total. The first-order valence-electron chi connectivity index (χ1n) is 6.13. The Bertz CT molecular complexity index is 643. The molecule has 6 heteroatoms. The van der Waals surface area contributed by atoms with Crippen LogP contribution in [0.4, 0.5) is 8.78 Å². The lowest BCUT2D eigenvalue weighted by atomic mass is 9.97. The molecule has 0 aliphatic rings. The van der Waals surface area contributed by atoms with E-state index in [9.17, 15) is 8.78 Å². The molecule has 0 fully saturated rings. The fraction of sp³-hybridized carbons (Fsp3) is 0.200.